The molecule has 0 spiro atoms. The van der Waals surface area contributed by atoms with Gasteiger partial charge in [-0.3, -0.25) is 0 Å². The second-order valence-corrected chi connectivity index (χ2v) is 4.80. The third-order valence-corrected chi connectivity index (χ3v) is 3.26. The predicted molar refractivity (Wildman–Crippen MR) is 73.1 cm³/mol. The highest BCUT2D eigenvalue weighted by Crippen LogP contribution is 2.25. The first kappa shape index (κ1) is 14.1. The van der Waals surface area contributed by atoms with Crippen molar-refractivity contribution in [3.8, 4) is 0 Å². The highest BCUT2D eigenvalue weighted by Gasteiger charge is 2.12. The van der Waals surface area contributed by atoms with Crippen LogP contribution in [0.3, 0.4) is 0 Å². The molecule has 0 aliphatic carbocycles. The Morgan fingerprint density at radius 2 is 1.53 bits per heavy atom. The molecule has 0 aliphatic heterocycles. The molecule has 1 unspecified atom stereocenters. The van der Waals surface area contributed by atoms with Crippen LogP contribution in [0.1, 0.15) is 77.0 Å². The third-order valence-electron chi connectivity index (χ3n) is 3.26. The van der Waals surface area contributed by atoms with Crippen molar-refractivity contribution in [2.24, 2.45) is 0 Å². The molecule has 0 aromatic carbocycles. The van der Waals surface area contributed by atoms with Gasteiger partial charge in [0.05, 0.1) is 0 Å². The number of rotatable bonds is 9. The lowest BCUT2D eigenvalue weighted by atomic mass is 9.94. The van der Waals surface area contributed by atoms with Crippen molar-refractivity contribution in [3.63, 3.8) is 0 Å². The lowest BCUT2D eigenvalue weighted by Crippen LogP contribution is -2.04. The highest BCUT2D eigenvalue weighted by molar-refractivity contribution is 4.96. The van der Waals surface area contributed by atoms with Gasteiger partial charge in [-0.25, -0.2) is 9.97 Å². The van der Waals surface area contributed by atoms with Crippen LogP contribution < -0.4 is 0 Å². The lowest BCUT2D eigenvalue weighted by molar-refractivity contribution is 0.490. The molecule has 2 nitrogen and oxygen atoms in total. The van der Waals surface area contributed by atoms with E-state index in [-0.39, 0.29) is 0 Å². The first-order valence-corrected chi connectivity index (χ1v) is 7.15. The molecule has 1 rings (SSSR count). The minimum absolute atomic E-state index is 0.577. The SMILES string of the molecule is CCCCCCC(CCCC)c1ncccn1. The Balaban J connectivity index is 2.43. The van der Waals surface area contributed by atoms with E-state index >= 15 is 0 Å². The van der Waals surface area contributed by atoms with Crippen molar-refractivity contribution >= 4 is 0 Å². The first-order chi connectivity index (χ1) is 8.38. The monoisotopic (exact) mass is 234 g/mol. The van der Waals surface area contributed by atoms with Gasteiger partial charge in [0.15, 0.2) is 0 Å². The molecule has 1 aromatic rings. The molecule has 1 aromatic heterocycles. The molecule has 0 fully saturated rings. The molecule has 2 heteroatoms. The van der Waals surface area contributed by atoms with Crippen LogP contribution in [-0.2, 0) is 0 Å². The van der Waals surface area contributed by atoms with Crippen LogP contribution in [0.15, 0.2) is 18.5 Å². The molecule has 96 valence electrons. The minimum atomic E-state index is 0.577. The van der Waals surface area contributed by atoms with E-state index in [1.54, 1.807) is 0 Å². The Labute approximate surface area is 106 Å². The summed E-state index contributed by atoms with van der Waals surface area (Å²) in [5.41, 5.74) is 0. The number of nitrogens with zero attached hydrogens (tertiary/aromatic N) is 2. The smallest absolute Gasteiger partial charge is 0.131 e. The molecule has 1 heterocycles. The van der Waals surface area contributed by atoms with E-state index in [2.05, 4.69) is 23.8 Å². The first-order valence-electron chi connectivity index (χ1n) is 7.15. The predicted octanol–water partition coefficient (Wildman–Crippen LogP) is 4.72. The standard InChI is InChI=1S/C15H26N2/c1-3-5-7-8-11-14(10-6-4-2)15-16-12-9-13-17-15/h9,12-14H,3-8,10-11H2,1-2H3. The molecular formula is C15H26N2. The van der Waals surface area contributed by atoms with Crippen molar-refractivity contribution in [3.05, 3.63) is 24.3 Å². The lowest BCUT2D eigenvalue weighted by Gasteiger charge is -2.14. The van der Waals surface area contributed by atoms with Gasteiger partial charge in [-0.2, -0.15) is 0 Å². The van der Waals surface area contributed by atoms with Gasteiger partial charge in [-0.05, 0) is 18.9 Å². The van der Waals surface area contributed by atoms with Crippen LogP contribution in [-0.4, -0.2) is 9.97 Å². The average Bonchev–Trinajstić information content (AvgIpc) is 2.39. The van der Waals surface area contributed by atoms with E-state index in [1.807, 2.05) is 18.5 Å². The number of unbranched alkanes of at least 4 members (excludes halogenated alkanes) is 4. The number of aromatic nitrogens is 2. The van der Waals surface area contributed by atoms with Gasteiger partial charge < -0.3 is 0 Å². The average molecular weight is 234 g/mol. The zero-order chi connectivity index (χ0) is 12.3. The van der Waals surface area contributed by atoms with Crippen LogP contribution in [0.5, 0.6) is 0 Å². The van der Waals surface area contributed by atoms with E-state index in [9.17, 15) is 0 Å². The number of hydrogen-bond acceptors (Lipinski definition) is 2. The summed E-state index contributed by atoms with van der Waals surface area (Å²) in [6, 6.07) is 1.90. The molecular weight excluding hydrogens is 208 g/mol. The minimum Gasteiger partial charge on any atom is -0.241 e. The summed E-state index contributed by atoms with van der Waals surface area (Å²) in [5, 5.41) is 0. The fourth-order valence-electron chi connectivity index (χ4n) is 2.19. The van der Waals surface area contributed by atoms with E-state index in [0.29, 0.717) is 5.92 Å². The summed E-state index contributed by atoms with van der Waals surface area (Å²) in [7, 11) is 0. The molecule has 1 atom stereocenters. The number of hydrogen-bond donors (Lipinski definition) is 0. The topological polar surface area (TPSA) is 25.8 Å². The summed E-state index contributed by atoms with van der Waals surface area (Å²) in [6.45, 7) is 4.51. The Bertz CT molecular complexity index is 272. The summed E-state index contributed by atoms with van der Waals surface area (Å²) in [4.78, 5) is 8.84. The van der Waals surface area contributed by atoms with Gasteiger partial charge in [0.2, 0.25) is 0 Å². The van der Waals surface area contributed by atoms with Crippen LogP contribution in [0.4, 0.5) is 0 Å². The van der Waals surface area contributed by atoms with Crippen molar-refractivity contribution in [1.82, 2.24) is 9.97 Å². The maximum absolute atomic E-state index is 4.42. The van der Waals surface area contributed by atoms with Gasteiger partial charge >= 0.3 is 0 Å². The molecule has 0 radical (unpaired) electrons. The largest absolute Gasteiger partial charge is 0.241 e. The van der Waals surface area contributed by atoms with E-state index in [1.165, 1.54) is 51.4 Å². The maximum atomic E-state index is 4.42. The second kappa shape index (κ2) is 9.15. The normalized spacial score (nSPS) is 12.6. The van der Waals surface area contributed by atoms with Gasteiger partial charge in [0.1, 0.15) is 5.82 Å². The Hall–Kier alpha value is -0.920. The Kier molecular flexibility index (Phi) is 7.61. The quantitative estimate of drug-likeness (QED) is 0.578. The molecule has 0 N–H and O–H groups in total. The van der Waals surface area contributed by atoms with E-state index < -0.39 is 0 Å². The highest BCUT2D eigenvalue weighted by atomic mass is 14.9. The zero-order valence-corrected chi connectivity index (χ0v) is 11.4. The van der Waals surface area contributed by atoms with Crippen LogP contribution in [0.2, 0.25) is 0 Å². The van der Waals surface area contributed by atoms with Gasteiger partial charge in [0, 0.05) is 18.3 Å². The van der Waals surface area contributed by atoms with E-state index in [0.717, 1.165) is 5.82 Å². The Morgan fingerprint density at radius 3 is 2.18 bits per heavy atom. The fourth-order valence-corrected chi connectivity index (χ4v) is 2.19. The van der Waals surface area contributed by atoms with Crippen molar-refractivity contribution in [2.75, 3.05) is 0 Å². The summed E-state index contributed by atoms with van der Waals surface area (Å²) < 4.78 is 0. The molecule has 0 aliphatic rings. The van der Waals surface area contributed by atoms with Crippen LogP contribution in [0.25, 0.3) is 0 Å². The molecule has 0 bridgehead atoms. The summed E-state index contributed by atoms with van der Waals surface area (Å²) in [6.07, 6.45) is 14.1. The molecule has 0 saturated heterocycles. The zero-order valence-electron chi connectivity index (χ0n) is 11.4. The van der Waals surface area contributed by atoms with Crippen molar-refractivity contribution in [2.45, 2.75) is 71.1 Å². The summed E-state index contributed by atoms with van der Waals surface area (Å²) in [5.74, 6) is 1.63. The van der Waals surface area contributed by atoms with Crippen LogP contribution in [0, 0.1) is 0 Å². The maximum Gasteiger partial charge on any atom is 0.131 e. The van der Waals surface area contributed by atoms with Crippen molar-refractivity contribution in [1.29, 1.82) is 0 Å². The molecule has 0 saturated carbocycles. The fraction of sp³-hybridized carbons (Fsp3) is 0.733. The van der Waals surface area contributed by atoms with Gasteiger partial charge in [-0.1, -0.05) is 52.4 Å². The van der Waals surface area contributed by atoms with Gasteiger partial charge in [-0.15, -0.1) is 0 Å². The third kappa shape index (κ3) is 5.81. The summed E-state index contributed by atoms with van der Waals surface area (Å²) >= 11 is 0. The van der Waals surface area contributed by atoms with Crippen molar-refractivity contribution < 1.29 is 0 Å². The molecule has 17 heavy (non-hydrogen) atoms. The second-order valence-electron chi connectivity index (χ2n) is 4.80. The van der Waals surface area contributed by atoms with E-state index in [4.69, 9.17) is 0 Å². The van der Waals surface area contributed by atoms with Gasteiger partial charge in [0.25, 0.3) is 0 Å². The van der Waals surface area contributed by atoms with Crippen LogP contribution >= 0.6 is 0 Å². The Morgan fingerprint density at radius 1 is 0.882 bits per heavy atom. The molecule has 0 amide bonds.